The Labute approximate surface area is 202 Å². The van der Waals surface area contributed by atoms with Crippen LogP contribution < -0.4 is 0 Å². The molecular weight excluding hydrogens is 511 g/mol. The average Bonchev–Trinajstić information content (AvgIpc) is 3.38. The van der Waals surface area contributed by atoms with Crippen molar-refractivity contribution in [2.45, 2.75) is 49.3 Å². The molecule has 2 aromatic heterocycles. The van der Waals surface area contributed by atoms with Crippen LogP contribution in [0.25, 0.3) is 11.4 Å². The van der Waals surface area contributed by atoms with E-state index in [9.17, 15) is 31.1 Å². The Morgan fingerprint density at radius 2 is 1.83 bits per heavy atom. The molecule has 3 aromatic rings. The SMILES string of the molecule is O=S(=O)(c1ccc(C(F)(F)F)nc1)N(Cc1cc(F)c(-c2ncon2)cc1F)[C@@H]1CCCC[C@H]1CO. The van der Waals surface area contributed by atoms with Gasteiger partial charge < -0.3 is 9.63 Å². The third-order valence-corrected chi connectivity index (χ3v) is 8.03. The molecule has 1 saturated carbocycles. The molecule has 4 rings (SSSR count). The Kier molecular flexibility index (Phi) is 7.38. The lowest BCUT2D eigenvalue weighted by atomic mass is 9.85. The first-order chi connectivity index (χ1) is 17.0. The first-order valence-electron chi connectivity index (χ1n) is 10.9. The minimum Gasteiger partial charge on any atom is -0.396 e. The van der Waals surface area contributed by atoms with Crippen LogP contribution in [0.1, 0.15) is 36.9 Å². The highest BCUT2D eigenvalue weighted by molar-refractivity contribution is 7.89. The quantitative estimate of drug-likeness (QED) is 0.455. The summed E-state index contributed by atoms with van der Waals surface area (Å²) in [6.45, 7) is -0.977. The molecule has 194 valence electrons. The first kappa shape index (κ1) is 26.1. The van der Waals surface area contributed by atoms with Gasteiger partial charge in [-0.3, -0.25) is 4.98 Å². The van der Waals surface area contributed by atoms with E-state index in [1.165, 1.54) is 0 Å². The van der Waals surface area contributed by atoms with Crippen LogP contribution in [-0.2, 0) is 22.7 Å². The van der Waals surface area contributed by atoms with Crippen LogP contribution in [0.4, 0.5) is 22.0 Å². The summed E-state index contributed by atoms with van der Waals surface area (Å²) in [5, 5.41) is 13.3. The van der Waals surface area contributed by atoms with Gasteiger partial charge in [0.05, 0.1) is 5.56 Å². The third kappa shape index (κ3) is 5.25. The Balaban J connectivity index is 1.75. The number of alkyl halides is 3. The van der Waals surface area contributed by atoms with Crippen molar-refractivity contribution in [2.24, 2.45) is 5.92 Å². The van der Waals surface area contributed by atoms with Crippen molar-refractivity contribution in [2.75, 3.05) is 6.61 Å². The van der Waals surface area contributed by atoms with Gasteiger partial charge in [0.2, 0.25) is 22.2 Å². The maximum Gasteiger partial charge on any atom is 0.433 e. The Morgan fingerprint density at radius 3 is 2.44 bits per heavy atom. The highest BCUT2D eigenvalue weighted by atomic mass is 32.2. The van der Waals surface area contributed by atoms with Gasteiger partial charge in [0.15, 0.2) is 0 Å². The van der Waals surface area contributed by atoms with Gasteiger partial charge in [0, 0.05) is 31.0 Å². The van der Waals surface area contributed by atoms with E-state index in [4.69, 9.17) is 0 Å². The molecule has 1 fully saturated rings. The molecule has 8 nitrogen and oxygen atoms in total. The number of nitrogens with zero attached hydrogens (tertiary/aromatic N) is 4. The molecule has 0 radical (unpaired) electrons. The lowest BCUT2D eigenvalue weighted by molar-refractivity contribution is -0.141. The van der Waals surface area contributed by atoms with Crippen LogP contribution in [0, 0.1) is 17.6 Å². The maximum absolute atomic E-state index is 15.0. The number of rotatable bonds is 7. The fourth-order valence-electron chi connectivity index (χ4n) is 4.33. The molecule has 36 heavy (non-hydrogen) atoms. The second kappa shape index (κ2) is 10.2. The number of sulfonamides is 1. The fourth-order valence-corrected chi connectivity index (χ4v) is 5.97. The predicted molar refractivity (Wildman–Crippen MR) is 114 cm³/mol. The molecule has 1 aliphatic carbocycles. The van der Waals surface area contributed by atoms with Crippen LogP contribution in [0.3, 0.4) is 0 Å². The van der Waals surface area contributed by atoms with Crippen molar-refractivity contribution in [1.29, 1.82) is 0 Å². The summed E-state index contributed by atoms with van der Waals surface area (Å²) in [6.07, 6.45) is -1.08. The summed E-state index contributed by atoms with van der Waals surface area (Å²) in [5.74, 6) is -2.57. The van der Waals surface area contributed by atoms with Gasteiger partial charge in [-0.15, -0.1) is 0 Å². The number of halogens is 5. The maximum atomic E-state index is 15.0. The number of hydrogen-bond donors (Lipinski definition) is 1. The first-order valence-corrected chi connectivity index (χ1v) is 12.4. The Morgan fingerprint density at radius 1 is 1.08 bits per heavy atom. The van der Waals surface area contributed by atoms with Gasteiger partial charge in [-0.05, 0) is 43.0 Å². The molecule has 0 saturated heterocycles. The largest absolute Gasteiger partial charge is 0.433 e. The molecule has 0 amide bonds. The summed E-state index contributed by atoms with van der Waals surface area (Å²) in [6, 6.07) is 2.13. The predicted octanol–water partition coefficient (Wildman–Crippen LogP) is 4.17. The minimum atomic E-state index is -4.77. The van der Waals surface area contributed by atoms with Crippen molar-refractivity contribution >= 4 is 10.0 Å². The second-order valence-corrected chi connectivity index (χ2v) is 10.3. The van der Waals surface area contributed by atoms with Crippen molar-refractivity contribution < 1.29 is 40.0 Å². The lowest BCUT2D eigenvalue weighted by Crippen LogP contribution is -2.46. The zero-order valence-corrected chi connectivity index (χ0v) is 19.4. The van der Waals surface area contributed by atoms with E-state index in [1.807, 2.05) is 0 Å². The topological polar surface area (TPSA) is 109 Å². The van der Waals surface area contributed by atoms with Gasteiger partial charge in [-0.25, -0.2) is 17.2 Å². The highest BCUT2D eigenvalue weighted by Gasteiger charge is 2.39. The Bertz CT molecular complexity index is 1300. The van der Waals surface area contributed by atoms with Crippen molar-refractivity contribution in [3.8, 4) is 11.4 Å². The van der Waals surface area contributed by atoms with Crippen LogP contribution >= 0.6 is 0 Å². The number of pyridine rings is 1. The van der Waals surface area contributed by atoms with E-state index in [0.29, 0.717) is 31.5 Å². The molecule has 0 unspecified atom stereocenters. The zero-order valence-electron chi connectivity index (χ0n) is 18.6. The van der Waals surface area contributed by atoms with Gasteiger partial charge in [0.25, 0.3) is 0 Å². The van der Waals surface area contributed by atoms with Crippen LogP contribution in [0.2, 0.25) is 0 Å². The summed E-state index contributed by atoms with van der Waals surface area (Å²) < 4.78 is 101. The van der Waals surface area contributed by atoms with E-state index >= 15 is 4.39 Å². The van der Waals surface area contributed by atoms with Crippen molar-refractivity contribution in [3.63, 3.8) is 0 Å². The number of aromatic nitrogens is 3. The fraction of sp³-hybridized carbons (Fsp3) is 0.409. The monoisotopic (exact) mass is 532 g/mol. The molecule has 2 heterocycles. The standard InChI is InChI=1S/C22H21F5N4O4S/c23-17-8-16(21-29-12-35-30-21)18(24)7-14(17)10-31(19-4-2-1-3-13(19)11-32)36(33,34)15-5-6-20(28-9-15)22(25,26)27/h5-9,12-13,19,32H,1-4,10-11H2/t13-,19+/m0/s1. The van der Waals surface area contributed by atoms with Gasteiger partial charge in [-0.1, -0.05) is 18.0 Å². The normalized spacial score (nSPS) is 19.1. The summed E-state index contributed by atoms with van der Waals surface area (Å²) in [4.78, 5) is 6.36. The molecule has 0 aliphatic heterocycles. The molecule has 2 atom stereocenters. The second-order valence-electron chi connectivity index (χ2n) is 8.40. The zero-order chi connectivity index (χ0) is 26.1. The summed E-state index contributed by atoms with van der Waals surface area (Å²) in [5.41, 5.74) is -1.88. The van der Waals surface area contributed by atoms with Crippen molar-refractivity contribution in [3.05, 3.63) is 59.7 Å². The van der Waals surface area contributed by atoms with Crippen molar-refractivity contribution in [1.82, 2.24) is 19.4 Å². The lowest BCUT2D eigenvalue weighted by Gasteiger charge is -2.38. The molecule has 14 heteroatoms. The van der Waals surface area contributed by atoms with Crippen LogP contribution in [-0.4, -0.2) is 45.6 Å². The number of benzene rings is 1. The molecule has 1 aliphatic rings. The molecular formula is C22H21F5N4O4S. The third-order valence-electron chi connectivity index (χ3n) is 6.17. The van der Waals surface area contributed by atoms with Gasteiger partial charge >= 0.3 is 6.18 Å². The smallest absolute Gasteiger partial charge is 0.396 e. The van der Waals surface area contributed by atoms with E-state index in [1.54, 1.807) is 0 Å². The highest BCUT2D eigenvalue weighted by Crippen LogP contribution is 2.35. The van der Waals surface area contributed by atoms with E-state index in [2.05, 4.69) is 19.6 Å². The number of hydrogen-bond acceptors (Lipinski definition) is 7. The number of aliphatic hydroxyl groups is 1. The number of aliphatic hydroxyl groups excluding tert-OH is 1. The van der Waals surface area contributed by atoms with E-state index in [-0.39, 0.29) is 23.6 Å². The van der Waals surface area contributed by atoms with E-state index in [0.717, 1.165) is 35.3 Å². The minimum absolute atomic E-state index is 0.203. The summed E-state index contributed by atoms with van der Waals surface area (Å²) >= 11 is 0. The van der Waals surface area contributed by atoms with Crippen LogP contribution in [0.15, 0.2) is 46.3 Å². The average molecular weight is 532 g/mol. The summed E-state index contributed by atoms with van der Waals surface area (Å²) in [7, 11) is -4.52. The van der Waals surface area contributed by atoms with Gasteiger partial charge in [-0.2, -0.15) is 22.5 Å². The Hall–Kier alpha value is -2.97. The molecule has 0 spiro atoms. The molecule has 1 aromatic carbocycles. The molecule has 0 bridgehead atoms. The molecule has 1 N–H and O–H groups in total. The van der Waals surface area contributed by atoms with Crippen LogP contribution in [0.5, 0.6) is 0 Å². The van der Waals surface area contributed by atoms with Gasteiger partial charge in [0.1, 0.15) is 22.2 Å². The van der Waals surface area contributed by atoms with E-state index < -0.39 is 56.9 Å².